The fourth-order valence-electron chi connectivity index (χ4n) is 2.68. The molecule has 134 valence electrons. The van der Waals surface area contributed by atoms with Gasteiger partial charge in [-0.2, -0.15) is 0 Å². The Balaban J connectivity index is 1.98. The van der Waals surface area contributed by atoms with Gasteiger partial charge in [0.2, 0.25) is 0 Å². The Morgan fingerprint density at radius 2 is 1.92 bits per heavy atom. The van der Waals surface area contributed by atoms with Crippen molar-refractivity contribution in [2.45, 2.75) is 26.4 Å². The minimum Gasteiger partial charge on any atom is -0.329 e. The second-order valence-corrected chi connectivity index (χ2v) is 6.18. The maximum Gasteiger partial charge on any atom is 0.258 e. The van der Waals surface area contributed by atoms with Crippen molar-refractivity contribution in [3.63, 3.8) is 0 Å². The second kappa shape index (κ2) is 7.03. The number of carbonyl (C=O) groups excluding carboxylic acids is 1. The maximum absolute atomic E-state index is 14.0. The standard InChI is InChI=1S/C19H17F2N3O2/c1-11(2)24(19(26)14-9-12(20)7-8-15(14)21)10-17-22-16-6-4-3-5-13(16)18(25)23-17/h3-9,11H,10H2,1-2H3,(H,22,23,25). The first kappa shape index (κ1) is 17.7. The molecule has 0 spiro atoms. The third kappa shape index (κ3) is 3.46. The Kier molecular flexibility index (Phi) is 4.79. The molecular formula is C19H17F2N3O2. The minimum absolute atomic E-state index is 0.0352. The summed E-state index contributed by atoms with van der Waals surface area (Å²) in [6, 6.07) is 9.25. The number of H-pyrrole nitrogens is 1. The molecule has 1 aromatic heterocycles. The highest BCUT2D eigenvalue weighted by atomic mass is 19.1. The van der Waals surface area contributed by atoms with E-state index in [-0.39, 0.29) is 29.5 Å². The zero-order valence-corrected chi connectivity index (χ0v) is 14.3. The Labute approximate surface area is 148 Å². The number of amides is 1. The van der Waals surface area contributed by atoms with Gasteiger partial charge in [-0.1, -0.05) is 12.1 Å². The Hall–Kier alpha value is -3.09. The molecule has 0 aliphatic rings. The quantitative estimate of drug-likeness (QED) is 0.779. The summed E-state index contributed by atoms with van der Waals surface area (Å²) in [4.78, 5) is 33.2. The summed E-state index contributed by atoms with van der Waals surface area (Å²) in [6.07, 6.45) is 0. The molecule has 0 aliphatic carbocycles. The molecule has 7 heteroatoms. The first-order chi connectivity index (χ1) is 12.4. The van der Waals surface area contributed by atoms with Gasteiger partial charge in [-0.05, 0) is 44.2 Å². The molecule has 0 aliphatic heterocycles. The highest BCUT2D eigenvalue weighted by Gasteiger charge is 2.23. The van der Waals surface area contributed by atoms with Crippen molar-refractivity contribution in [1.82, 2.24) is 14.9 Å². The van der Waals surface area contributed by atoms with Crippen molar-refractivity contribution >= 4 is 16.8 Å². The van der Waals surface area contributed by atoms with Crippen molar-refractivity contribution in [2.75, 3.05) is 0 Å². The van der Waals surface area contributed by atoms with E-state index < -0.39 is 17.5 Å². The molecule has 2 aromatic carbocycles. The minimum atomic E-state index is -0.804. The van der Waals surface area contributed by atoms with E-state index in [1.807, 2.05) is 0 Å². The van der Waals surface area contributed by atoms with E-state index >= 15 is 0 Å². The summed E-state index contributed by atoms with van der Waals surface area (Å²) in [7, 11) is 0. The van der Waals surface area contributed by atoms with Crippen LogP contribution in [-0.4, -0.2) is 26.8 Å². The molecular weight excluding hydrogens is 340 g/mol. The lowest BCUT2D eigenvalue weighted by atomic mass is 10.1. The smallest absolute Gasteiger partial charge is 0.258 e. The van der Waals surface area contributed by atoms with Crippen LogP contribution < -0.4 is 5.56 Å². The number of halogens is 2. The number of rotatable bonds is 4. The molecule has 0 bridgehead atoms. The molecule has 1 N–H and O–H groups in total. The largest absolute Gasteiger partial charge is 0.329 e. The number of aromatic nitrogens is 2. The first-order valence-electron chi connectivity index (χ1n) is 8.11. The van der Waals surface area contributed by atoms with Crippen LogP contribution in [0.2, 0.25) is 0 Å². The molecule has 0 saturated carbocycles. The molecule has 3 rings (SSSR count). The highest BCUT2D eigenvalue weighted by Crippen LogP contribution is 2.16. The molecule has 1 amide bonds. The van der Waals surface area contributed by atoms with E-state index in [1.165, 1.54) is 4.90 Å². The fourth-order valence-corrected chi connectivity index (χ4v) is 2.68. The Morgan fingerprint density at radius 1 is 1.19 bits per heavy atom. The number of benzene rings is 2. The zero-order chi connectivity index (χ0) is 18.8. The van der Waals surface area contributed by atoms with Gasteiger partial charge < -0.3 is 9.88 Å². The Morgan fingerprint density at radius 3 is 2.65 bits per heavy atom. The number of nitrogens with zero attached hydrogens (tertiary/aromatic N) is 2. The van der Waals surface area contributed by atoms with Crippen LogP contribution in [0.3, 0.4) is 0 Å². The number of hydrogen-bond acceptors (Lipinski definition) is 3. The molecule has 5 nitrogen and oxygen atoms in total. The molecule has 0 radical (unpaired) electrons. The van der Waals surface area contributed by atoms with Crippen molar-refractivity contribution in [3.05, 3.63) is 75.8 Å². The van der Waals surface area contributed by atoms with Crippen molar-refractivity contribution < 1.29 is 13.6 Å². The topological polar surface area (TPSA) is 66.1 Å². The van der Waals surface area contributed by atoms with Gasteiger partial charge in [0.1, 0.15) is 17.5 Å². The molecule has 0 unspecified atom stereocenters. The molecule has 1 heterocycles. The van der Waals surface area contributed by atoms with Crippen LogP contribution in [0.4, 0.5) is 8.78 Å². The average Bonchev–Trinajstić information content (AvgIpc) is 2.61. The van der Waals surface area contributed by atoms with Gasteiger partial charge in [-0.15, -0.1) is 0 Å². The third-order valence-corrected chi connectivity index (χ3v) is 4.03. The summed E-state index contributed by atoms with van der Waals surface area (Å²) < 4.78 is 27.4. The van der Waals surface area contributed by atoms with E-state index in [2.05, 4.69) is 9.97 Å². The van der Waals surface area contributed by atoms with E-state index in [1.54, 1.807) is 38.1 Å². The van der Waals surface area contributed by atoms with Crippen molar-refractivity contribution in [1.29, 1.82) is 0 Å². The summed E-state index contributed by atoms with van der Waals surface area (Å²) in [6.45, 7) is 3.45. The Bertz CT molecular complexity index is 1030. The molecule has 0 saturated heterocycles. The van der Waals surface area contributed by atoms with Gasteiger partial charge in [0.25, 0.3) is 11.5 Å². The third-order valence-electron chi connectivity index (χ3n) is 4.03. The SMILES string of the molecule is CC(C)N(Cc1nc2ccccc2c(=O)[nH]1)C(=O)c1cc(F)ccc1F. The predicted molar refractivity (Wildman–Crippen MR) is 93.7 cm³/mol. The number of fused-ring (bicyclic) bond motifs is 1. The molecule has 26 heavy (non-hydrogen) atoms. The maximum atomic E-state index is 14.0. The predicted octanol–water partition coefficient (Wildman–Crippen LogP) is 3.25. The van der Waals surface area contributed by atoms with Gasteiger partial charge in [-0.3, -0.25) is 9.59 Å². The van der Waals surface area contributed by atoms with E-state index in [4.69, 9.17) is 0 Å². The van der Waals surface area contributed by atoms with Crippen molar-refractivity contribution in [2.24, 2.45) is 0 Å². The molecule has 3 aromatic rings. The van der Waals surface area contributed by atoms with Gasteiger partial charge in [0.15, 0.2) is 0 Å². The number of aromatic amines is 1. The van der Waals surface area contributed by atoms with Gasteiger partial charge in [0, 0.05) is 6.04 Å². The highest BCUT2D eigenvalue weighted by molar-refractivity contribution is 5.94. The van der Waals surface area contributed by atoms with Gasteiger partial charge in [0.05, 0.1) is 23.0 Å². The molecule has 0 fully saturated rings. The van der Waals surface area contributed by atoms with Crippen LogP contribution in [0.5, 0.6) is 0 Å². The van der Waals surface area contributed by atoms with Crippen LogP contribution in [0.25, 0.3) is 10.9 Å². The lowest BCUT2D eigenvalue weighted by Gasteiger charge is -2.26. The van der Waals surface area contributed by atoms with E-state index in [0.717, 1.165) is 18.2 Å². The normalized spacial score (nSPS) is 11.1. The van der Waals surface area contributed by atoms with E-state index in [0.29, 0.717) is 10.9 Å². The lowest BCUT2D eigenvalue weighted by Crippen LogP contribution is -2.38. The summed E-state index contributed by atoms with van der Waals surface area (Å²) in [5, 5.41) is 0.440. The summed E-state index contributed by atoms with van der Waals surface area (Å²) in [5.74, 6) is -1.90. The van der Waals surface area contributed by atoms with Crippen LogP contribution in [0.15, 0.2) is 47.3 Å². The molecule has 0 atom stereocenters. The zero-order valence-electron chi connectivity index (χ0n) is 14.3. The number of para-hydroxylation sites is 1. The van der Waals surface area contributed by atoms with Gasteiger partial charge >= 0.3 is 0 Å². The first-order valence-corrected chi connectivity index (χ1v) is 8.11. The number of nitrogens with one attached hydrogen (secondary N) is 1. The fraction of sp³-hybridized carbons (Fsp3) is 0.211. The number of carbonyl (C=O) groups is 1. The van der Waals surface area contributed by atoms with Gasteiger partial charge in [-0.25, -0.2) is 13.8 Å². The van der Waals surface area contributed by atoms with Crippen LogP contribution in [0.1, 0.15) is 30.0 Å². The van der Waals surface area contributed by atoms with Crippen molar-refractivity contribution in [3.8, 4) is 0 Å². The summed E-state index contributed by atoms with van der Waals surface area (Å²) in [5.41, 5.74) is -0.181. The lowest BCUT2D eigenvalue weighted by molar-refractivity contribution is 0.0679. The second-order valence-electron chi connectivity index (χ2n) is 6.18. The summed E-state index contributed by atoms with van der Waals surface area (Å²) >= 11 is 0. The van der Waals surface area contributed by atoms with Crippen LogP contribution in [0, 0.1) is 11.6 Å². The number of hydrogen-bond donors (Lipinski definition) is 1. The van der Waals surface area contributed by atoms with Crippen LogP contribution in [-0.2, 0) is 6.54 Å². The van der Waals surface area contributed by atoms with Crippen LogP contribution >= 0.6 is 0 Å². The van der Waals surface area contributed by atoms with E-state index in [9.17, 15) is 18.4 Å². The monoisotopic (exact) mass is 357 g/mol. The average molecular weight is 357 g/mol.